The zero-order chi connectivity index (χ0) is 12.4. The van der Waals surface area contributed by atoms with Crippen molar-refractivity contribution in [3.05, 3.63) is 61.4 Å². The lowest BCUT2D eigenvalue weighted by atomic mass is 10.3. The van der Waals surface area contributed by atoms with Crippen LogP contribution >= 0.6 is 0 Å². The number of hydrogen-bond acceptors (Lipinski definition) is 5. The highest BCUT2D eigenvalue weighted by Gasteiger charge is 2.08. The Bertz CT molecular complexity index is 688. The van der Waals surface area contributed by atoms with E-state index in [1.54, 1.807) is 0 Å². The highest BCUT2D eigenvalue weighted by atomic mass is 16.6. The fraction of sp³-hybridized carbons (Fsp3) is 0. The Morgan fingerprint density at radius 3 is 2.82 bits per heavy atom. The van der Waals surface area contributed by atoms with E-state index in [4.69, 9.17) is 0 Å². The van der Waals surface area contributed by atoms with Crippen LogP contribution in [0.15, 0.2) is 40.1 Å². The third kappa shape index (κ3) is 2.09. The lowest BCUT2D eigenvalue weighted by Crippen LogP contribution is -2.29. The minimum atomic E-state index is -0.718. The normalized spacial score (nSPS) is 10.1. The summed E-state index contributed by atoms with van der Waals surface area (Å²) in [5, 5.41) is 12.8. The van der Waals surface area contributed by atoms with Crippen LogP contribution in [0.5, 0.6) is 0 Å². The Kier molecular flexibility index (Phi) is 2.53. The average Bonchev–Trinajstić information content (AvgIpc) is 2.32. The first kappa shape index (κ1) is 10.7. The number of aromatic nitrogens is 3. The lowest BCUT2D eigenvalue weighted by Gasteiger charge is -2.02. The second-order valence-corrected chi connectivity index (χ2v) is 3.13. The Labute approximate surface area is 93.3 Å². The number of H-pyrrole nitrogens is 1. The van der Waals surface area contributed by atoms with Gasteiger partial charge in [-0.25, -0.2) is 9.48 Å². The van der Waals surface area contributed by atoms with Crippen LogP contribution in [0.2, 0.25) is 0 Å². The van der Waals surface area contributed by atoms with Gasteiger partial charge in [-0.2, -0.15) is 4.98 Å². The molecule has 1 aromatic carbocycles. The van der Waals surface area contributed by atoms with Crippen molar-refractivity contribution in [2.45, 2.75) is 0 Å². The number of aromatic amines is 1. The summed E-state index contributed by atoms with van der Waals surface area (Å²) >= 11 is 0. The molecule has 0 saturated carbocycles. The van der Waals surface area contributed by atoms with E-state index >= 15 is 0 Å². The molecule has 17 heavy (non-hydrogen) atoms. The molecule has 0 fully saturated rings. The summed E-state index contributed by atoms with van der Waals surface area (Å²) in [5.74, 6) is 0. The van der Waals surface area contributed by atoms with Gasteiger partial charge >= 0.3 is 5.69 Å². The van der Waals surface area contributed by atoms with Crippen LogP contribution in [0.3, 0.4) is 0 Å². The molecule has 1 heterocycles. The molecule has 86 valence electrons. The standard InChI is InChI=1S/C9H6N4O4/c14-8-5-10-9(15)12(11-8)6-2-1-3-7(4-6)13(16)17/h1-5H,(H,11,14). The van der Waals surface area contributed by atoms with E-state index in [-0.39, 0.29) is 11.4 Å². The molecule has 0 unspecified atom stereocenters. The van der Waals surface area contributed by atoms with Gasteiger partial charge in [-0.1, -0.05) is 6.07 Å². The Morgan fingerprint density at radius 2 is 2.12 bits per heavy atom. The van der Waals surface area contributed by atoms with Gasteiger partial charge in [0.25, 0.3) is 11.2 Å². The van der Waals surface area contributed by atoms with Crippen molar-refractivity contribution in [3.8, 4) is 5.69 Å². The van der Waals surface area contributed by atoms with Crippen LogP contribution in [-0.4, -0.2) is 19.7 Å². The number of nitro groups is 1. The van der Waals surface area contributed by atoms with Crippen LogP contribution < -0.4 is 11.2 Å². The SMILES string of the molecule is O=c1cnc(=O)n(-c2cccc([N+](=O)[O-])c2)[nH]1. The van der Waals surface area contributed by atoms with Crippen LogP contribution in [0.4, 0.5) is 5.69 Å². The number of nitrogens with zero attached hydrogens (tertiary/aromatic N) is 3. The topological polar surface area (TPSA) is 111 Å². The number of hydrogen-bond donors (Lipinski definition) is 1. The van der Waals surface area contributed by atoms with Gasteiger partial charge < -0.3 is 0 Å². The molecule has 2 aromatic rings. The van der Waals surface area contributed by atoms with Gasteiger partial charge in [-0.05, 0) is 6.07 Å². The maximum atomic E-state index is 11.4. The molecule has 8 heteroatoms. The van der Waals surface area contributed by atoms with Crippen LogP contribution in [-0.2, 0) is 0 Å². The van der Waals surface area contributed by atoms with Crippen molar-refractivity contribution in [3.63, 3.8) is 0 Å². The summed E-state index contributed by atoms with van der Waals surface area (Å²) in [6.07, 6.45) is 0.843. The van der Waals surface area contributed by atoms with Crippen LogP contribution in [0, 0.1) is 10.1 Å². The molecule has 1 N–H and O–H groups in total. The van der Waals surface area contributed by atoms with Gasteiger partial charge in [0.05, 0.1) is 16.8 Å². The van der Waals surface area contributed by atoms with Crippen molar-refractivity contribution in [1.82, 2.24) is 14.8 Å². The number of non-ortho nitro benzene ring substituents is 1. The van der Waals surface area contributed by atoms with E-state index in [0.717, 1.165) is 10.9 Å². The molecule has 0 radical (unpaired) electrons. The maximum absolute atomic E-state index is 11.4. The summed E-state index contributed by atoms with van der Waals surface area (Å²) in [4.78, 5) is 35.7. The molecule has 0 aliphatic rings. The van der Waals surface area contributed by atoms with Gasteiger partial charge in [0.15, 0.2) is 0 Å². The highest BCUT2D eigenvalue weighted by molar-refractivity contribution is 5.42. The lowest BCUT2D eigenvalue weighted by molar-refractivity contribution is -0.384. The first-order valence-corrected chi connectivity index (χ1v) is 4.51. The van der Waals surface area contributed by atoms with Crippen molar-refractivity contribution < 1.29 is 4.92 Å². The summed E-state index contributed by atoms with van der Waals surface area (Å²) in [7, 11) is 0. The molecular weight excluding hydrogens is 228 g/mol. The van der Waals surface area contributed by atoms with E-state index in [1.807, 2.05) is 0 Å². The molecule has 0 aliphatic heterocycles. The average molecular weight is 234 g/mol. The van der Waals surface area contributed by atoms with E-state index < -0.39 is 16.2 Å². The minimum Gasteiger partial charge on any atom is -0.266 e. The molecule has 0 amide bonds. The van der Waals surface area contributed by atoms with Crippen molar-refractivity contribution >= 4 is 5.69 Å². The summed E-state index contributed by atoms with van der Waals surface area (Å²) < 4.78 is 0.843. The zero-order valence-corrected chi connectivity index (χ0v) is 8.36. The summed E-state index contributed by atoms with van der Waals surface area (Å²) in [6.45, 7) is 0. The molecule has 0 spiro atoms. The molecular formula is C9H6N4O4. The van der Waals surface area contributed by atoms with Gasteiger partial charge in [0.2, 0.25) is 0 Å². The van der Waals surface area contributed by atoms with Gasteiger partial charge in [0, 0.05) is 12.1 Å². The maximum Gasteiger partial charge on any atom is 0.367 e. The predicted molar refractivity (Wildman–Crippen MR) is 57.1 cm³/mol. The third-order valence-corrected chi connectivity index (χ3v) is 2.00. The second-order valence-electron chi connectivity index (χ2n) is 3.13. The third-order valence-electron chi connectivity index (χ3n) is 2.00. The second kappa shape index (κ2) is 4.00. The van der Waals surface area contributed by atoms with Crippen molar-refractivity contribution in [1.29, 1.82) is 0 Å². The first-order chi connectivity index (χ1) is 8.08. The molecule has 0 bridgehead atoms. The Morgan fingerprint density at radius 1 is 1.35 bits per heavy atom. The molecule has 2 rings (SSSR count). The fourth-order valence-electron chi connectivity index (χ4n) is 1.28. The molecule has 0 aliphatic carbocycles. The highest BCUT2D eigenvalue weighted by Crippen LogP contribution is 2.14. The van der Waals surface area contributed by atoms with Gasteiger partial charge in [-0.3, -0.25) is 20.0 Å². The van der Waals surface area contributed by atoms with Gasteiger partial charge in [-0.15, -0.1) is 0 Å². The smallest absolute Gasteiger partial charge is 0.266 e. The molecule has 0 saturated heterocycles. The largest absolute Gasteiger partial charge is 0.367 e. The fourth-order valence-corrected chi connectivity index (χ4v) is 1.28. The zero-order valence-electron chi connectivity index (χ0n) is 8.36. The van der Waals surface area contributed by atoms with Crippen molar-refractivity contribution in [2.75, 3.05) is 0 Å². The first-order valence-electron chi connectivity index (χ1n) is 4.51. The quantitative estimate of drug-likeness (QED) is 0.572. The van der Waals surface area contributed by atoms with Crippen LogP contribution in [0.1, 0.15) is 0 Å². The van der Waals surface area contributed by atoms with E-state index in [0.29, 0.717) is 0 Å². The number of benzene rings is 1. The van der Waals surface area contributed by atoms with Gasteiger partial charge in [0.1, 0.15) is 0 Å². The van der Waals surface area contributed by atoms with E-state index in [1.165, 1.54) is 24.3 Å². The molecule has 1 aromatic heterocycles. The number of rotatable bonds is 2. The Hall–Kier alpha value is -2.77. The predicted octanol–water partition coefficient (Wildman–Crippen LogP) is -0.171. The van der Waals surface area contributed by atoms with Crippen LogP contribution in [0.25, 0.3) is 5.69 Å². The number of nitrogens with one attached hydrogen (secondary N) is 1. The van der Waals surface area contributed by atoms with Crippen molar-refractivity contribution in [2.24, 2.45) is 0 Å². The molecule has 0 atom stereocenters. The monoisotopic (exact) mass is 234 g/mol. The van der Waals surface area contributed by atoms with E-state index in [2.05, 4.69) is 10.1 Å². The minimum absolute atomic E-state index is 0.175. The summed E-state index contributed by atoms with van der Waals surface area (Å²) in [5.41, 5.74) is -1.30. The molecule has 8 nitrogen and oxygen atoms in total. The number of nitro benzene ring substituents is 1. The van der Waals surface area contributed by atoms with E-state index in [9.17, 15) is 19.7 Å². The Balaban J connectivity index is 2.64. The summed E-state index contributed by atoms with van der Waals surface area (Å²) in [6, 6.07) is 5.30.